The number of halogens is 2. The number of hydrogen-bond donors (Lipinski definition) is 2. The van der Waals surface area contributed by atoms with Gasteiger partial charge in [0.05, 0.1) is 6.04 Å². The molecule has 1 saturated heterocycles. The van der Waals surface area contributed by atoms with E-state index < -0.39 is 17.7 Å². The van der Waals surface area contributed by atoms with Gasteiger partial charge >= 0.3 is 0 Å². The van der Waals surface area contributed by atoms with Gasteiger partial charge < -0.3 is 15.4 Å². The lowest BCUT2D eigenvalue weighted by molar-refractivity contribution is -0.130. The number of anilines is 2. The first-order valence-electron chi connectivity index (χ1n) is 10.5. The third-order valence-electron chi connectivity index (χ3n) is 6.13. The number of aryl methyl sites for hydroxylation is 1. The van der Waals surface area contributed by atoms with Crippen molar-refractivity contribution < 1.29 is 13.9 Å². The summed E-state index contributed by atoms with van der Waals surface area (Å²) in [6.07, 6.45) is 0. The van der Waals surface area contributed by atoms with Crippen LogP contribution in [0.15, 0.2) is 66.7 Å². The van der Waals surface area contributed by atoms with Crippen LogP contribution in [0.5, 0.6) is 5.75 Å². The van der Waals surface area contributed by atoms with Gasteiger partial charge in [0, 0.05) is 22.0 Å². The number of benzene rings is 3. The number of thiocarbonyl (C=S) groups is 1. The minimum absolute atomic E-state index is 0.237. The monoisotopic (exact) mass is 481 g/mol. The van der Waals surface area contributed by atoms with Gasteiger partial charge in [-0.25, -0.2) is 4.39 Å². The predicted octanol–water partition coefficient (Wildman–Crippen LogP) is 5.59. The molecule has 2 aliphatic rings. The highest BCUT2D eigenvalue weighted by molar-refractivity contribution is 7.80. The van der Waals surface area contributed by atoms with Crippen molar-refractivity contribution in [1.82, 2.24) is 5.32 Å². The molecule has 5 nitrogen and oxygen atoms in total. The first kappa shape index (κ1) is 21.7. The van der Waals surface area contributed by atoms with Crippen LogP contribution < -0.4 is 20.3 Å². The summed E-state index contributed by atoms with van der Waals surface area (Å²) in [4.78, 5) is 15.5. The zero-order chi connectivity index (χ0) is 23.3. The van der Waals surface area contributed by atoms with E-state index in [0.29, 0.717) is 27.3 Å². The molecule has 3 aromatic rings. The van der Waals surface area contributed by atoms with E-state index in [2.05, 4.69) is 10.6 Å². The fourth-order valence-electron chi connectivity index (χ4n) is 4.64. The standard InChI is InChI=1S/C25H21ClFN3O2S/c1-14-3-12-20-19(13-14)22-21(23(31)28-17-8-4-15(26)5-9-17)25(2,32-20)30(24(33)29-22)18-10-6-16(27)7-11-18/h3-13,21-22H,1-2H3,(H,28,31)(H,29,33)/t21-,22-,25+/m0/s1. The fourth-order valence-corrected chi connectivity index (χ4v) is 5.18. The van der Waals surface area contributed by atoms with Crippen molar-refractivity contribution in [2.24, 2.45) is 5.92 Å². The second kappa shape index (κ2) is 8.01. The molecular weight excluding hydrogens is 461 g/mol. The molecule has 0 radical (unpaired) electrons. The van der Waals surface area contributed by atoms with Crippen LogP contribution in [0.4, 0.5) is 15.8 Å². The lowest BCUT2D eigenvalue weighted by Crippen LogP contribution is -2.72. The number of amides is 1. The van der Waals surface area contributed by atoms with Crippen molar-refractivity contribution in [2.45, 2.75) is 25.6 Å². The van der Waals surface area contributed by atoms with Crippen molar-refractivity contribution in [3.05, 3.63) is 88.7 Å². The first-order valence-corrected chi connectivity index (χ1v) is 11.3. The molecule has 5 rings (SSSR count). The first-order chi connectivity index (χ1) is 15.8. The highest BCUT2D eigenvalue weighted by atomic mass is 35.5. The molecule has 0 spiro atoms. The second-order valence-corrected chi connectivity index (χ2v) is 9.23. The van der Waals surface area contributed by atoms with Gasteiger partial charge in [0.15, 0.2) is 10.8 Å². The molecule has 1 amide bonds. The van der Waals surface area contributed by atoms with Crippen LogP contribution in [0, 0.1) is 18.7 Å². The van der Waals surface area contributed by atoms with Crippen molar-refractivity contribution in [3.63, 3.8) is 0 Å². The van der Waals surface area contributed by atoms with Crippen molar-refractivity contribution in [1.29, 1.82) is 0 Å². The molecule has 3 aromatic carbocycles. The van der Waals surface area contributed by atoms with E-state index in [-0.39, 0.29) is 11.7 Å². The quantitative estimate of drug-likeness (QED) is 0.478. The summed E-state index contributed by atoms with van der Waals surface area (Å²) in [5.74, 6) is -0.607. The van der Waals surface area contributed by atoms with E-state index in [1.54, 1.807) is 41.3 Å². The Morgan fingerprint density at radius 2 is 1.85 bits per heavy atom. The van der Waals surface area contributed by atoms with Crippen molar-refractivity contribution in [2.75, 3.05) is 10.2 Å². The Hall–Kier alpha value is -3.16. The van der Waals surface area contributed by atoms with E-state index >= 15 is 0 Å². The molecule has 8 heteroatoms. The number of fused-ring (bicyclic) bond motifs is 4. The zero-order valence-electron chi connectivity index (χ0n) is 17.9. The molecule has 0 aliphatic carbocycles. The van der Waals surface area contributed by atoms with Gasteiger partial charge in [-0.05, 0) is 80.7 Å². The summed E-state index contributed by atoms with van der Waals surface area (Å²) in [5, 5.41) is 7.31. The topological polar surface area (TPSA) is 53.6 Å². The molecule has 0 aromatic heterocycles. The van der Waals surface area contributed by atoms with Crippen LogP contribution >= 0.6 is 23.8 Å². The van der Waals surface area contributed by atoms with E-state index in [9.17, 15) is 9.18 Å². The maximum Gasteiger partial charge on any atom is 0.236 e. The van der Waals surface area contributed by atoms with Gasteiger partial charge in [-0.2, -0.15) is 0 Å². The number of rotatable bonds is 3. The third-order valence-corrected chi connectivity index (χ3v) is 6.68. The van der Waals surface area contributed by atoms with Crippen LogP contribution in [0.3, 0.4) is 0 Å². The second-order valence-electron chi connectivity index (χ2n) is 8.41. The highest BCUT2D eigenvalue weighted by Gasteiger charge is 2.59. The van der Waals surface area contributed by atoms with Crippen LogP contribution in [0.25, 0.3) is 0 Å². The molecule has 0 unspecified atom stereocenters. The normalized spacial score (nSPS) is 23.3. The average Bonchev–Trinajstić information content (AvgIpc) is 2.77. The smallest absolute Gasteiger partial charge is 0.236 e. The lowest BCUT2D eigenvalue weighted by atomic mass is 9.78. The van der Waals surface area contributed by atoms with Gasteiger partial charge in [0.25, 0.3) is 0 Å². The third kappa shape index (κ3) is 3.71. The number of nitrogens with one attached hydrogen (secondary N) is 2. The molecule has 2 aliphatic heterocycles. The van der Waals surface area contributed by atoms with Crippen LogP contribution in [0.1, 0.15) is 24.1 Å². The molecule has 0 saturated carbocycles. The number of nitrogens with zero attached hydrogens (tertiary/aromatic N) is 1. The van der Waals surface area contributed by atoms with E-state index in [1.807, 2.05) is 32.0 Å². The van der Waals surface area contributed by atoms with E-state index in [1.165, 1.54) is 12.1 Å². The Bertz CT molecular complexity index is 1250. The van der Waals surface area contributed by atoms with Crippen molar-refractivity contribution in [3.8, 4) is 5.75 Å². The molecule has 33 heavy (non-hydrogen) atoms. The van der Waals surface area contributed by atoms with Gasteiger partial charge in [-0.15, -0.1) is 0 Å². The van der Waals surface area contributed by atoms with Crippen molar-refractivity contribution >= 4 is 46.2 Å². The average molecular weight is 482 g/mol. The summed E-state index contributed by atoms with van der Waals surface area (Å²) in [5.41, 5.74) is 1.99. The predicted molar refractivity (Wildman–Crippen MR) is 131 cm³/mol. The summed E-state index contributed by atoms with van der Waals surface area (Å²) < 4.78 is 20.2. The Balaban J connectivity index is 1.62. The fraction of sp³-hybridized carbons (Fsp3) is 0.200. The molecule has 2 heterocycles. The van der Waals surface area contributed by atoms with Gasteiger partial charge in [-0.1, -0.05) is 29.3 Å². The summed E-state index contributed by atoms with van der Waals surface area (Å²) >= 11 is 11.7. The van der Waals surface area contributed by atoms with Crippen LogP contribution in [0.2, 0.25) is 5.02 Å². The molecule has 2 N–H and O–H groups in total. The highest BCUT2D eigenvalue weighted by Crippen LogP contribution is 2.50. The Labute approximate surface area is 201 Å². The Morgan fingerprint density at radius 3 is 2.55 bits per heavy atom. The molecule has 1 fully saturated rings. The Kier molecular flexibility index (Phi) is 5.26. The zero-order valence-corrected chi connectivity index (χ0v) is 19.5. The lowest BCUT2D eigenvalue weighted by Gasteiger charge is -2.56. The maximum atomic E-state index is 13.7. The van der Waals surface area contributed by atoms with Gasteiger partial charge in [0.1, 0.15) is 17.5 Å². The minimum atomic E-state index is -1.16. The number of carbonyl (C=O) groups is 1. The number of hydrogen-bond acceptors (Lipinski definition) is 3. The number of ether oxygens (including phenoxy) is 1. The summed E-state index contributed by atoms with van der Waals surface area (Å²) in [6, 6.07) is 18.4. The van der Waals surface area contributed by atoms with Crippen LogP contribution in [-0.2, 0) is 4.79 Å². The maximum absolute atomic E-state index is 13.7. The summed E-state index contributed by atoms with van der Waals surface area (Å²) in [6.45, 7) is 3.83. The minimum Gasteiger partial charge on any atom is -0.467 e. The van der Waals surface area contributed by atoms with Gasteiger partial charge in [-0.3, -0.25) is 9.69 Å². The van der Waals surface area contributed by atoms with E-state index in [4.69, 9.17) is 28.6 Å². The Morgan fingerprint density at radius 1 is 1.15 bits per heavy atom. The van der Waals surface area contributed by atoms with Crippen LogP contribution in [-0.4, -0.2) is 16.7 Å². The molecule has 168 valence electrons. The largest absolute Gasteiger partial charge is 0.467 e. The SMILES string of the molecule is Cc1ccc2c(c1)[C@@H]1NC(=S)N(c3ccc(F)cc3)[C@](C)(O2)[C@@H]1C(=O)Nc1ccc(Cl)cc1. The van der Waals surface area contributed by atoms with E-state index in [0.717, 1.165) is 11.1 Å². The molecule has 2 bridgehead atoms. The van der Waals surface area contributed by atoms with Gasteiger partial charge in [0.2, 0.25) is 5.91 Å². The number of carbonyl (C=O) groups excluding carboxylic acids is 1. The molecular formula is C25H21ClFN3O2S. The molecule has 3 atom stereocenters. The summed E-state index contributed by atoms with van der Waals surface area (Å²) in [7, 11) is 0.